The first-order valence-corrected chi connectivity index (χ1v) is 7.77. The summed E-state index contributed by atoms with van der Waals surface area (Å²) in [6, 6.07) is 14.9. The lowest BCUT2D eigenvalue weighted by atomic mass is 10.1. The van der Waals surface area contributed by atoms with Crippen molar-refractivity contribution < 1.29 is 9.53 Å². The molecule has 136 valence electrons. The summed E-state index contributed by atoms with van der Waals surface area (Å²) >= 11 is 0. The molecule has 7 heteroatoms. The summed E-state index contributed by atoms with van der Waals surface area (Å²) in [7, 11) is 0. The van der Waals surface area contributed by atoms with Gasteiger partial charge in [-0.2, -0.15) is 0 Å². The van der Waals surface area contributed by atoms with Crippen LogP contribution >= 0.6 is 24.8 Å². The van der Waals surface area contributed by atoms with Gasteiger partial charge in [-0.05, 0) is 35.9 Å². The van der Waals surface area contributed by atoms with Gasteiger partial charge in [-0.25, -0.2) is 0 Å². The minimum atomic E-state index is -0.154. The van der Waals surface area contributed by atoms with Gasteiger partial charge in [-0.1, -0.05) is 18.2 Å². The molecule has 1 heterocycles. The van der Waals surface area contributed by atoms with Crippen LogP contribution in [0.3, 0.4) is 0 Å². The van der Waals surface area contributed by atoms with E-state index in [1.807, 2.05) is 24.3 Å². The van der Waals surface area contributed by atoms with Gasteiger partial charge in [0, 0.05) is 36.6 Å². The minimum absolute atomic E-state index is 0. The van der Waals surface area contributed by atoms with E-state index in [0.717, 1.165) is 38.5 Å². The van der Waals surface area contributed by atoms with E-state index in [-0.39, 0.29) is 30.7 Å². The van der Waals surface area contributed by atoms with Crippen molar-refractivity contribution in [2.24, 2.45) is 0 Å². The lowest BCUT2D eigenvalue weighted by Gasteiger charge is -2.26. The van der Waals surface area contributed by atoms with E-state index >= 15 is 0 Å². The Morgan fingerprint density at radius 3 is 2.40 bits per heavy atom. The molecule has 0 unspecified atom stereocenters. The number of nitrogens with one attached hydrogen (secondary N) is 1. The molecule has 3 rings (SSSR count). The number of nitrogens with zero attached hydrogens (tertiary/aromatic N) is 1. The first kappa shape index (κ1) is 21.3. The molecule has 1 amide bonds. The highest BCUT2D eigenvalue weighted by atomic mass is 35.5. The van der Waals surface area contributed by atoms with Crippen molar-refractivity contribution in [1.82, 2.24) is 4.90 Å². The van der Waals surface area contributed by atoms with E-state index in [9.17, 15) is 4.79 Å². The molecule has 1 aliphatic heterocycles. The number of anilines is 2. The average molecular weight is 384 g/mol. The number of hydrogen-bond acceptors (Lipinski definition) is 4. The number of halogens is 2. The van der Waals surface area contributed by atoms with E-state index in [1.165, 1.54) is 5.56 Å². The summed E-state index contributed by atoms with van der Waals surface area (Å²) in [6.45, 7) is 4.44. The summed E-state index contributed by atoms with van der Waals surface area (Å²) in [5, 5.41) is 2.89. The van der Waals surface area contributed by atoms with Crippen molar-refractivity contribution in [3.63, 3.8) is 0 Å². The average Bonchev–Trinajstić information content (AvgIpc) is 2.57. The second-order valence-corrected chi connectivity index (χ2v) is 5.67. The zero-order valence-corrected chi connectivity index (χ0v) is 15.4. The Labute approximate surface area is 160 Å². The van der Waals surface area contributed by atoms with Crippen molar-refractivity contribution in [3.8, 4) is 0 Å². The molecular formula is C18H23Cl2N3O2. The van der Waals surface area contributed by atoms with E-state index < -0.39 is 0 Å². The molecule has 2 aromatic carbocycles. The van der Waals surface area contributed by atoms with Gasteiger partial charge in [-0.15, -0.1) is 24.8 Å². The molecule has 0 aliphatic carbocycles. The topological polar surface area (TPSA) is 67.6 Å². The van der Waals surface area contributed by atoms with Crippen LogP contribution in [0, 0.1) is 0 Å². The van der Waals surface area contributed by atoms with Crippen LogP contribution in [0.1, 0.15) is 15.9 Å². The monoisotopic (exact) mass is 383 g/mol. The Bertz CT molecular complexity index is 674. The normalized spacial score (nSPS) is 14.1. The van der Waals surface area contributed by atoms with Crippen LogP contribution in [0.2, 0.25) is 0 Å². The van der Waals surface area contributed by atoms with Crippen molar-refractivity contribution >= 4 is 42.1 Å². The molecule has 1 fully saturated rings. The van der Waals surface area contributed by atoms with Gasteiger partial charge in [0.25, 0.3) is 5.91 Å². The van der Waals surface area contributed by atoms with Gasteiger partial charge >= 0.3 is 0 Å². The van der Waals surface area contributed by atoms with Crippen molar-refractivity contribution in [1.29, 1.82) is 0 Å². The molecule has 1 aliphatic rings. The molecule has 5 nitrogen and oxygen atoms in total. The quantitative estimate of drug-likeness (QED) is 0.795. The van der Waals surface area contributed by atoms with Gasteiger partial charge in [0.2, 0.25) is 0 Å². The Balaban J connectivity index is 0.00000156. The molecular weight excluding hydrogens is 361 g/mol. The number of morpholine rings is 1. The first-order chi connectivity index (χ1) is 11.2. The molecule has 25 heavy (non-hydrogen) atoms. The summed E-state index contributed by atoms with van der Waals surface area (Å²) in [5.74, 6) is -0.154. The molecule has 0 radical (unpaired) electrons. The number of rotatable bonds is 4. The molecule has 0 spiro atoms. The largest absolute Gasteiger partial charge is 0.399 e. The number of benzene rings is 2. The zero-order chi connectivity index (χ0) is 16.1. The van der Waals surface area contributed by atoms with Crippen LogP contribution in [0.5, 0.6) is 0 Å². The smallest absolute Gasteiger partial charge is 0.255 e. The maximum Gasteiger partial charge on any atom is 0.255 e. The van der Waals surface area contributed by atoms with Crippen molar-refractivity contribution in [3.05, 3.63) is 59.7 Å². The molecule has 0 atom stereocenters. The highest BCUT2D eigenvalue weighted by molar-refractivity contribution is 6.04. The highest BCUT2D eigenvalue weighted by Crippen LogP contribution is 2.14. The van der Waals surface area contributed by atoms with E-state index in [4.69, 9.17) is 10.5 Å². The van der Waals surface area contributed by atoms with Crippen LogP contribution < -0.4 is 11.1 Å². The fraction of sp³-hybridized carbons (Fsp3) is 0.278. The number of carbonyl (C=O) groups excluding carboxylic acids is 1. The standard InChI is InChI=1S/C18H21N3O2.2ClH/c19-16-3-1-2-15(12-16)18(22)20-17-6-4-14(5-7-17)13-21-8-10-23-11-9-21;;/h1-7,12H,8-11,13,19H2,(H,20,22);2*1H. The van der Waals surface area contributed by atoms with Crippen molar-refractivity contribution in [2.75, 3.05) is 37.4 Å². The fourth-order valence-electron chi connectivity index (χ4n) is 2.59. The Kier molecular flexibility index (Phi) is 8.72. The van der Waals surface area contributed by atoms with Gasteiger partial charge in [-0.3, -0.25) is 9.69 Å². The molecule has 3 N–H and O–H groups in total. The summed E-state index contributed by atoms with van der Waals surface area (Å²) in [5.41, 5.74) is 8.86. The summed E-state index contributed by atoms with van der Waals surface area (Å²) < 4.78 is 5.35. The molecule has 2 aromatic rings. The van der Waals surface area contributed by atoms with Crippen LogP contribution in [0.25, 0.3) is 0 Å². The van der Waals surface area contributed by atoms with Gasteiger partial charge < -0.3 is 15.8 Å². The summed E-state index contributed by atoms with van der Waals surface area (Å²) in [4.78, 5) is 14.5. The maximum absolute atomic E-state index is 12.2. The second-order valence-electron chi connectivity index (χ2n) is 5.67. The summed E-state index contributed by atoms with van der Waals surface area (Å²) in [6.07, 6.45) is 0. The Morgan fingerprint density at radius 2 is 1.76 bits per heavy atom. The van der Waals surface area contributed by atoms with Gasteiger partial charge in [0.15, 0.2) is 0 Å². The van der Waals surface area contributed by atoms with Crippen LogP contribution in [0.15, 0.2) is 48.5 Å². The minimum Gasteiger partial charge on any atom is -0.399 e. The third-order valence-electron chi connectivity index (χ3n) is 3.87. The zero-order valence-electron chi connectivity index (χ0n) is 13.8. The number of nitrogen functional groups attached to an aromatic ring is 1. The number of ether oxygens (including phenoxy) is 1. The number of nitrogens with two attached hydrogens (primary N) is 1. The Hall–Kier alpha value is -1.79. The van der Waals surface area contributed by atoms with Gasteiger partial charge in [0.05, 0.1) is 13.2 Å². The lowest BCUT2D eigenvalue weighted by Crippen LogP contribution is -2.35. The molecule has 0 aromatic heterocycles. The number of carbonyl (C=O) groups is 1. The van der Waals surface area contributed by atoms with Gasteiger partial charge in [0.1, 0.15) is 0 Å². The lowest BCUT2D eigenvalue weighted by molar-refractivity contribution is 0.0342. The number of amides is 1. The fourth-order valence-corrected chi connectivity index (χ4v) is 2.59. The second kappa shape index (κ2) is 10.3. The predicted octanol–water partition coefficient (Wildman–Crippen LogP) is 3.20. The molecule has 0 saturated carbocycles. The third kappa shape index (κ3) is 6.21. The van der Waals surface area contributed by atoms with E-state index in [0.29, 0.717) is 11.3 Å². The van der Waals surface area contributed by atoms with E-state index in [1.54, 1.807) is 24.3 Å². The first-order valence-electron chi connectivity index (χ1n) is 7.77. The molecule has 0 bridgehead atoms. The maximum atomic E-state index is 12.2. The predicted molar refractivity (Wildman–Crippen MR) is 106 cm³/mol. The third-order valence-corrected chi connectivity index (χ3v) is 3.87. The Morgan fingerprint density at radius 1 is 1.08 bits per heavy atom. The van der Waals surface area contributed by atoms with Crippen LogP contribution in [0.4, 0.5) is 11.4 Å². The highest BCUT2D eigenvalue weighted by Gasteiger charge is 2.11. The van der Waals surface area contributed by atoms with Crippen LogP contribution in [-0.2, 0) is 11.3 Å². The van der Waals surface area contributed by atoms with E-state index in [2.05, 4.69) is 10.2 Å². The SMILES string of the molecule is Cl.Cl.Nc1cccc(C(=O)Nc2ccc(CN3CCOCC3)cc2)c1. The van der Waals surface area contributed by atoms with Crippen molar-refractivity contribution in [2.45, 2.75) is 6.54 Å². The van der Waals surface area contributed by atoms with Crippen LogP contribution in [-0.4, -0.2) is 37.1 Å². The number of hydrogen-bond donors (Lipinski definition) is 2. The molecule has 1 saturated heterocycles.